The van der Waals surface area contributed by atoms with E-state index >= 15 is 0 Å². The Hall–Kier alpha value is -1.14. The molecule has 0 aliphatic carbocycles. The Morgan fingerprint density at radius 2 is 2.35 bits per heavy atom. The fraction of sp³-hybridized carbons (Fsp3) is 0.273. The van der Waals surface area contributed by atoms with Gasteiger partial charge in [-0.3, -0.25) is 0 Å². The molecule has 1 atom stereocenters. The number of hydrogen-bond acceptors (Lipinski definition) is 5. The first-order valence-corrected chi connectivity index (χ1v) is 6.95. The number of nitrogens with zero attached hydrogens (tertiary/aromatic N) is 2. The lowest BCUT2D eigenvalue weighted by Crippen LogP contribution is -2.11. The molecule has 0 amide bonds. The third-order valence-corrected chi connectivity index (χ3v) is 3.82. The van der Waals surface area contributed by atoms with Crippen molar-refractivity contribution in [3.8, 4) is 0 Å². The van der Waals surface area contributed by atoms with Gasteiger partial charge >= 0.3 is 0 Å². The van der Waals surface area contributed by atoms with E-state index < -0.39 is 0 Å². The molecular weight excluding hydrogens is 300 g/mol. The minimum Gasteiger partial charge on any atom is -0.397 e. The van der Waals surface area contributed by atoms with Crippen LogP contribution in [0.25, 0.3) is 0 Å². The highest BCUT2D eigenvalue weighted by atomic mass is 79.9. The van der Waals surface area contributed by atoms with Crippen LogP contribution in [-0.2, 0) is 0 Å². The standard InChI is InChI=1S/C11H13BrN4S/c1-2-9(11-14-3-4-17-11)16-10-8(12)5-7(13)6-15-10/h3-6,9H,2,13H2,1H3,(H,15,16). The third kappa shape index (κ3) is 2.95. The molecule has 0 aliphatic heterocycles. The second kappa shape index (κ2) is 5.46. The molecule has 2 aromatic heterocycles. The molecule has 90 valence electrons. The Morgan fingerprint density at radius 3 is 2.94 bits per heavy atom. The number of pyridine rings is 1. The van der Waals surface area contributed by atoms with E-state index in [-0.39, 0.29) is 6.04 Å². The van der Waals surface area contributed by atoms with Gasteiger partial charge in [-0.1, -0.05) is 6.92 Å². The summed E-state index contributed by atoms with van der Waals surface area (Å²) in [4.78, 5) is 8.59. The van der Waals surface area contributed by atoms with Gasteiger partial charge in [0.25, 0.3) is 0 Å². The van der Waals surface area contributed by atoms with Crippen LogP contribution in [0.4, 0.5) is 11.5 Å². The van der Waals surface area contributed by atoms with E-state index in [1.54, 1.807) is 17.5 Å². The molecule has 0 bridgehead atoms. The highest BCUT2D eigenvalue weighted by Crippen LogP contribution is 2.28. The molecule has 2 aromatic rings. The van der Waals surface area contributed by atoms with Crippen molar-refractivity contribution < 1.29 is 0 Å². The smallest absolute Gasteiger partial charge is 0.140 e. The summed E-state index contributed by atoms with van der Waals surface area (Å²) in [6, 6.07) is 2.02. The number of nitrogens with one attached hydrogen (secondary N) is 1. The van der Waals surface area contributed by atoms with Crippen LogP contribution in [0, 0.1) is 0 Å². The highest BCUT2D eigenvalue weighted by Gasteiger charge is 2.13. The Kier molecular flexibility index (Phi) is 3.96. The van der Waals surface area contributed by atoms with Crippen LogP contribution in [0.1, 0.15) is 24.4 Å². The third-order valence-electron chi connectivity index (χ3n) is 2.33. The maximum absolute atomic E-state index is 5.65. The van der Waals surface area contributed by atoms with E-state index in [9.17, 15) is 0 Å². The van der Waals surface area contributed by atoms with Crippen LogP contribution in [0.15, 0.2) is 28.3 Å². The summed E-state index contributed by atoms with van der Waals surface area (Å²) in [6.45, 7) is 2.12. The molecule has 6 heteroatoms. The first-order valence-electron chi connectivity index (χ1n) is 5.27. The van der Waals surface area contributed by atoms with E-state index in [1.165, 1.54) is 0 Å². The largest absolute Gasteiger partial charge is 0.397 e. The Balaban J connectivity index is 2.19. The number of nitrogen functional groups attached to an aromatic ring is 1. The summed E-state index contributed by atoms with van der Waals surface area (Å²) in [5, 5.41) is 6.41. The van der Waals surface area contributed by atoms with E-state index in [0.29, 0.717) is 5.69 Å². The number of rotatable bonds is 4. The SMILES string of the molecule is CCC(Nc1ncc(N)cc1Br)c1nccs1. The molecule has 0 aromatic carbocycles. The topological polar surface area (TPSA) is 63.8 Å². The van der Waals surface area contributed by atoms with Gasteiger partial charge in [-0.15, -0.1) is 11.3 Å². The normalized spacial score (nSPS) is 12.4. The highest BCUT2D eigenvalue weighted by molar-refractivity contribution is 9.10. The van der Waals surface area contributed by atoms with Crippen molar-refractivity contribution in [2.24, 2.45) is 0 Å². The van der Waals surface area contributed by atoms with Gasteiger partial charge in [-0.05, 0) is 28.4 Å². The van der Waals surface area contributed by atoms with Crippen LogP contribution < -0.4 is 11.1 Å². The van der Waals surface area contributed by atoms with E-state index in [4.69, 9.17) is 5.73 Å². The van der Waals surface area contributed by atoms with Crippen LogP contribution in [0.5, 0.6) is 0 Å². The van der Waals surface area contributed by atoms with Crippen molar-refractivity contribution in [3.05, 3.63) is 33.3 Å². The molecule has 3 N–H and O–H groups in total. The maximum atomic E-state index is 5.65. The quantitative estimate of drug-likeness (QED) is 0.907. The van der Waals surface area contributed by atoms with Gasteiger partial charge in [-0.25, -0.2) is 9.97 Å². The van der Waals surface area contributed by atoms with Gasteiger partial charge in [0.2, 0.25) is 0 Å². The van der Waals surface area contributed by atoms with Crippen LogP contribution in [-0.4, -0.2) is 9.97 Å². The van der Waals surface area contributed by atoms with Gasteiger partial charge in [0.1, 0.15) is 10.8 Å². The predicted molar refractivity (Wildman–Crippen MR) is 75.1 cm³/mol. The number of nitrogens with two attached hydrogens (primary N) is 1. The van der Waals surface area contributed by atoms with Crippen LogP contribution >= 0.6 is 27.3 Å². The van der Waals surface area contributed by atoms with Gasteiger partial charge in [0, 0.05) is 11.6 Å². The summed E-state index contributed by atoms with van der Waals surface area (Å²) in [7, 11) is 0. The summed E-state index contributed by atoms with van der Waals surface area (Å²) in [5.74, 6) is 0.793. The van der Waals surface area contributed by atoms with Gasteiger partial charge in [-0.2, -0.15) is 0 Å². The Bertz CT molecular complexity index is 486. The monoisotopic (exact) mass is 312 g/mol. The number of hydrogen-bond donors (Lipinski definition) is 2. The van der Waals surface area contributed by atoms with Crippen molar-refractivity contribution in [1.29, 1.82) is 0 Å². The lowest BCUT2D eigenvalue weighted by atomic mass is 10.2. The molecule has 0 radical (unpaired) electrons. The van der Waals surface area contributed by atoms with Gasteiger partial charge in [0.15, 0.2) is 0 Å². The number of halogens is 1. The van der Waals surface area contributed by atoms with Gasteiger partial charge in [0.05, 0.1) is 22.4 Å². The van der Waals surface area contributed by atoms with Crippen molar-refractivity contribution in [2.45, 2.75) is 19.4 Å². The predicted octanol–water partition coefficient (Wildman–Crippen LogP) is 3.45. The second-order valence-corrected chi connectivity index (χ2v) is 5.36. The average Bonchev–Trinajstić information content (AvgIpc) is 2.81. The van der Waals surface area contributed by atoms with E-state index in [2.05, 4.69) is 38.1 Å². The summed E-state index contributed by atoms with van der Waals surface area (Å²) in [6.07, 6.45) is 4.41. The molecule has 0 spiro atoms. The first kappa shape index (κ1) is 12.3. The summed E-state index contributed by atoms with van der Waals surface area (Å²) < 4.78 is 0.868. The summed E-state index contributed by atoms with van der Waals surface area (Å²) >= 11 is 5.09. The number of thiazole rings is 1. The van der Waals surface area contributed by atoms with E-state index in [1.807, 2.05) is 17.6 Å². The molecule has 2 heterocycles. The van der Waals surface area contributed by atoms with Crippen molar-refractivity contribution in [3.63, 3.8) is 0 Å². The fourth-order valence-corrected chi connectivity index (χ4v) is 2.72. The van der Waals surface area contributed by atoms with Crippen molar-refractivity contribution in [2.75, 3.05) is 11.1 Å². The Morgan fingerprint density at radius 1 is 1.53 bits per heavy atom. The Labute approximate surface area is 112 Å². The molecule has 0 saturated heterocycles. The van der Waals surface area contributed by atoms with Crippen LogP contribution in [0.3, 0.4) is 0 Å². The average molecular weight is 313 g/mol. The number of aromatic nitrogens is 2. The zero-order valence-corrected chi connectivity index (χ0v) is 11.8. The van der Waals surface area contributed by atoms with Crippen molar-refractivity contribution in [1.82, 2.24) is 9.97 Å². The zero-order chi connectivity index (χ0) is 12.3. The summed E-state index contributed by atoms with van der Waals surface area (Å²) in [5.41, 5.74) is 6.30. The van der Waals surface area contributed by atoms with Gasteiger partial charge < -0.3 is 11.1 Å². The molecular formula is C11H13BrN4S. The molecule has 2 rings (SSSR count). The van der Waals surface area contributed by atoms with E-state index in [0.717, 1.165) is 21.7 Å². The maximum Gasteiger partial charge on any atom is 0.140 e. The first-order chi connectivity index (χ1) is 8.20. The van der Waals surface area contributed by atoms with Crippen molar-refractivity contribution >= 4 is 38.8 Å². The molecule has 1 unspecified atom stereocenters. The molecule has 0 fully saturated rings. The molecule has 17 heavy (non-hydrogen) atoms. The molecule has 0 saturated carbocycles. The second-order valence-electron chi connectivity index (χ2n) is 3.57. The zero-order valence-electron chi connectivity index (χ0n) is 9.35. The molecule has 4 nitrogen and oxygen atoms in total. The number of anilines is 2. The van der Waals surface area contributed by atoms with Crippen LogP contribution in [0.2, 0.25) is 0 Å². The lowest BCUT2D eigenvalue weighted by molar-refractivity contribution is 0.737. The lowest BCUT2D eigenvalue weighted by Gasteiger charge is -2.16. The molecule has 0 aliphatic rings. The fourth-order valence-electron chi connectivity index (χ4n) is 1.47. The minimum atomic E-state index is 0.183. The minimum absolute atomic E-state index is 0.183.